The summed E-state index contributed by atoms with van der Waals surface area (Å²) >= 11 is 11.7. The average Bonchev–Trinajstić information content (AvgIpc) is 2.11. The van der Waals surface area contributed by atoms with Gasteiger partial charge in [-0.25, -0.2) is 0 Å². The van der Waals surface area contributed by atoms with Gasteiger partial charge in [-0.2, -0.15) is 0 Å². The minimum absolute atomic E-state index is 0.455. The molecule has 0 unspecified atom stereocenters. The number of rotatable bonds is 4. The molecule has 0 saturated carbocycles. The van der Waals surface area contributed by atoms with Crippen LogP contribution < -0.4 is 5.73 Å². The molecule has 0 aliphatic carbocycles. The van der Waals surface area contributed by atoms with Crippen molar-refractivity contribution in [2.24, 2.45) is 5.73 Å². The molecule has 1 aromatic carbocycles. The predicted octanol–water partition coefficient (Wildman–Crippen LogP) is 2.47. The Morgan fingerprint density at radius 2 is 2.08 bits per heavy atom. The topological polar surface area (TPSA) is 35.2 Å². The summed E-state index contributed by atoms with van der Waals surface area (Å²) in [6.07, 6.45) is 0. The summed E-state index contributed by atoms with van der Waals surface area (Å²) < 4.78 is 5.24. The van der Waals surface area contributed by atoms with Crippen LogP contribution in [-0.2, 0) is 11.3 Å². The predicted molar refractivity (Wildman–Crippen MR) is 55.2 cm³/mol. The zero-order valence-electron chi connectivity index (χ0n) is 7.09. The zero-order chi connectivity index (χ0) is 9.68. The lowest BCUT2D eigenvalue weighted by Crippen LogP contribution is -2.08. The van der Waals surface area contributed by atoms with Crippen molar-refractivity contribution in [3.8, 4) is 0 Å². The molecule has 0 radical (unpaired) electrons. The van der Waals surface area contributed by atoms with E-state index in [-0.39, 0.29) is 0 Å². The van der Waals surface area contributed by atoms with Gasteiger partial charge in [0.1, 0.15) is 0 Å². The second kappa shape index (κ2) is 5.45. The van der Waals surface area contributed by atoms with E-state index in [1.54, 1.807) is 18.2 Å². The summed E-state index contributed by atoms with van der Waals surface area (Å²) in [7, 11) is 0. The quantitative estimate of drug-likeness (QED) is 0.791. The molecule has 0 atom stereocenters. The van der Waals surface area contributed by atoms with Gasteiger partial charge in [0.25, 0.3) is 0 Å². The number of halogens is 2. The molecular formula is C9H11Cl2NO. The van der Waals surface area contributed by atoms with Gasteiger partial charge in [-0.15, -0.1) is 0 Å². The Balaban J connectivity index is 2.59. The first-order chi connectivity index (χ1) is 6.24. The summed E-state index contributed by atoms with van der Waals surface area (Å²) in [5.74, 6) is 0. The van der Waals surface area contributed by atoms with Crippen molar-refractivity contribution in [2.45, 2.75) is 6.61 Å². The van der Waals surface area contributed by atoms with Crippen LogP contribution in [0.5, 0.6) is 0 Å². The van der Waals surface area contributed by atoms with Crippen LogP contribution in [0.15, 0.2) is 18.2 Å². The lowest BCUT2D eigenvalue weighted by atomic mass is 10.2. The van der Waals surface area contributed by atoms with Crippen LogP contribution in [0.4, 0.5) is 0 Å². The number of benzene rings is 1. The Kier molecular flexibility index (Phi) is 4.53. The van der Waals surface area contributed by atoms with E-state index in [0.29, 0.717) is 29.8 Å². The average molecular weight is 220 g/mol. The van der Waals surface area contributed by atoms with Crippen LogP contribution in [0.1, 0.15) is 5.56 Å². The summed E-state index contributed by atoms with van der Waals surface area (Å²) in [5.41, 5.74) is 6.17. The lowest BCUT2D eigenvalue weighted by molar-refractivity contribution is 0.128. The maximum absolute atomic E-state index is 5.91. The van der Waals surface area contributed by atoms with Gasteiger partial charge < -0.3 is 10.5 Å². The third-order valence-electron chi connectivity index (χ3n) is 1.53. The van der Waals surface area contributed by atoms with E-state index < -0.39 is 0 Å². The molecule has 0 aliphatic heterocycles. The van der Waals surface area contributed by atoms with Crippen molar-refractivity contribution in [1.82, 2.24) is 0 Å². The minimum Gasteiger partial charge on any atom is -0.375 e. The van der Waals surface area contributed by atoms with Gasteiger partial charge in [-0.3, -0.25) is 0 Å². The second-order valence-corrected chi connectivity index (χ2v) is 3.42. The molecule has 0 fully saturated rings. The highest BCUT2D eigenvalue weighted by Gasteiger charge is 2.00. The van der Waals surface area contributed by atoms with Gasteiger partial charge in [-0.1, -0.05) is 23.2 Å². The normalized spacial score (nSPS) is 10.4. The summed E-state index contributed by atoms with van der Waals surface area (Å²) in [4.78, 5) is 0. The van der Waals surface area contributed by atoms with E-state index in [9.17, 15) is 0 Å². The van der Waals surface area contributed by atoms with Crippen molar-refractivity contribution in [1.29, 1.82) is 0 Å². The Morgan fingerprint density at radius 1 is 1.31 bits per heavy atom. The molecule has 0 spiro atoms. The molecule has 0 saturated heterocycles. The van der Waals surface area contributed by atoms with Crippen LogP contribution in [0.3, 0.4) is 0 Å². The molecule has 0 heterocycles. The third kappa shape index (κ3) is 3.53. The van der Waals surface area contributed by atoms with Crippen molar-refractivity contribution >= 4 is 23.2 Å². The standard InChI is InChI=1S/C9H11Cl2NO/c10-8-1-2-9(11)7(5-8)6-13-4-3-12/h1-2,5H,3-4,6,12H2. The highest BCUT2D eigenvalue weighted by atomic mass is 35.5. The molecule has 0 aliphatic rings. The summed E-state index contributed by atoms with van der Waals surface area (Å²) in [6.45, 7) is 1.50. The van der Waals surface area contributed by atoms with Crippen LogP contribution in [-0.4, -0.2) is 13.2 Å². The Hall–Kier alpha value is -0.280. The Morgan fingerprint density at radius 3 is 2.77 bits per heavy atom. The maximum atomic E-state index is 5.91. The number of ether oxygens (including phenoxy) is 1. The molecule has 2 nitrogen and oxygen atoms in total. The van der Waals surface area contributed by atoms with Gasteiger partial charge >= 0.3 is 0 Å². The van der Waals surface area contributed by atoms with Crippen LogP contribution in [0, 0.1) is 0 Å². The van der Waals surface area contributed by atoms with E-state index in [2.05, 4.69) is 0 Å². The van der Waals surface area contributed by atoms with E-state index in [4.69, 9.17) is 33.7 Å². The number of nitrogens with two attached hydrogens (primary N) is 1. The molecule has 0 amide bonds. The van der Waals surface area contributed by atoms with Crippen molar-refractivity contribution in [2.75, 3.05) is 13.2 Å². The summed E-state index contributed by atoms with van der Waals surface area (Å²) in [5, 5.41) is 1.33. The van der Waals surface area contributed by atoms with Crippen molar-refractivity contribution in [3.63, 3.8) is 0 Å². The van der Waals surface area contributed by atoms with Gasteiger partial charge in [0.15, 0.2) is 0 Å². The SMILES string of the molecule is NCCOCc1cc(Cl)ccc1Cl. The van der Waals surface area contributed by atoms with E-state index >= 15 is 0 Å². The fraction of sp³-hybridized carbons (Fsp3) is 0.333. The molecule has 72 valence electrons. The first-order valence-corrected chi connectivity index (χ1v) is 4.71. The smallest absolute Gasteiger partial charge is 0.0732 e. The van der Waals surface area contributed by atoms with E-state index in [1.165, 1.54) is 0 Å². The van der Waals surface area contributed by atoms with E-state index in [0.717, 1.165) is 5.56 Å². The first-order valence-electron chi connectivity index (χ1n) is 3.96. The van der Waals surface area contributed by atoms with E-state index in [1.807, 2.05) is 0 Å². The highest BCUT2D eigenvalue weighted by Crippen LogP contribution is 2.21. The fourth-order valence-electron chi connectivity index (χ4n) is 0.919. The Bertz CT molecular complexity index is 278. The molecule has 4 heteroatoms. The van der Waals surface area contributed by atoms with Gasteiger partial charge in [0, 0.05) is 16.6 Å². The second-order valence-electron chi connectivity index (χ2n) is 2.58. The minimum atomic E-state index is 0.455. The molecule has 1 rings (SSSR count). The lowest BCUT2D eigenvalue weighted by Gasteiger charge is -2.05. The van der Waals surface area contributed by atoms with Crippen molar-refractivity contribution in [3.05, 3.63) is 33.8 Å². The van der Waals surface area contributed by atoms with Crippen LogP contribution >= 0.6 is 23.2 Å². The number of hydrogen-bond acceptors (Lipinski definition) is 2. The molecule has 0 aromatic heterocycles. The third-order valence-corrected chi connectivity index (χ3v) is 2.13. The van der Waals surface area contributed by atoms with Gasteiger partial charge in [0.2, 0.25) is 0 Å². The van der Waals surface area contributed by atoms with Crippen LogP contribution in [0.2, 0.25) is 10.0 Å². The monoisotopic (exact) mass is 219 g/mol. The highest BCUT2D eigenvalue weighted by molar-refractivity contribution is 6.33. The fourth-order valence-corrected chi connectivity index (χ4v) is 1.29. The summed E-state index contributed by atoms with van der Waals surface area (Å²) in [6, 6.07) is 5.29. The molecule has 1 aromatic rings. The largest absolute Gasteiger partial charge is 0.375 e. The molecule has 2 N–H and O–H groups in total. The molecule has 0 bridgehead atoms. The first kappa shape index (κ1) is 10.8. The molecular weight excluding hydrogens is 209 g/mol. The van der Waals surface area contributed by atoms with Gasteiger partial charge in [-0.05, 0) is 23.8 Å². The van der Waals surface area contributed by atoms with Crippen molar-refractivity contribution < 1.29 is 4.74 Å². The maximum Gasteiger partial charge on any atom is 0.0732 e. The zero-order valence-corrected chi connectivity index (χ0v) is 8.61. The van der Waals surface area contributed by atoms with Crippen LogP contribution in [0.25, 0.3) is 0 Å². The van der Waals surface area contributed by atoms with Gasteiger partial charge in [0.05, 0.1) is 13.2 Å². The molecule has 13 heavy (non-hydrogen) atoms. The number of hydrogen-bond donors (Lipinski definition) is 1. The Labute approximate surface area is 87.6 Å².